The van der Waals surface area contributed by atoms with Gasteiger partial charge in [-0.25, -0.2) is 0 Å². The largest absolute Gasteiger partial charge is 0.493 e. The fraction of sp³-hybridized carbons (Fsp3) is 0.500. The van der Waals surface area contributed by atoms with Gasteiger partial charge in [-0.3, -0.25) is 14.7 Å². The van der Waals surface area contributed by atoms with Crippen LogP contribution in [0.15, 0.2) is 48.7 Å². The summed E-state index contributed by atoms with van der Waals surface area (Å²) in [5.41, 5.74) is 2.30. The van der Waals surface area contributed by atoms with Gasteiger partial charge >= 0.3 is 0 Å². The van der Waals surface area contributed by atoms with Crippen LogP contribution in [0, 0.1) is 11.3 Å². The van der Waals surface area contributed by atoms with E-state index in [1.54, 1.807) is 6.20 Å². The first-order valence-corrected chi connectivity index (χ1v) is 10.5. The van der Waals surface area contributed by atoms with Crippen molar-refractivity contribution in [3.63, 3.8) is 0 Å². The van der Waals surface area contributed by atoms with Crippen molar-refractivity contribution in [2.45, 2.75) is 40.3 Å². The van der Waals surface area contributed by atoms with Gasteiger partial charge in [-0.1, -0.05) is 39.0 Å². The first kappa shape index (κ1) is 21.3. The van der Waals surface area contributed by atoms with Crippen molar-refractivity contribution < 1.29 is 9.53 Å². The molecular weight excluding hydrogens is 362 g/mol. The normalized spacial score (nSPS) is 19.4. The van der Waals surface area contributed by atoms with Crippen LogP contribution in [0.4, 0.5) is 0 Å². The number of ether oxygens (including phenoxy) is 1. The van der Waals surface area contributed by atoms with Gasteiger partial charge in [-0.2, -0.15) is 0 Å². The van der Waals surface area contributed by atoms with Crippen LogP contribution in [0.25, 0.3) is 0 Å². The topological polar surface area (TPSA) is 45.7 Å². The zero-order chi connectivity index (χ0) is 20.7. The lowest BCUT2D eigenvalue weighted by atomic mass is 9.89. The number of carbonyl (C=O) groups is 1. The second-order valence-corrected chi connectivity index (χ2v) is 8.96. The summed E-state index contributed by atoms with van der Waals surface area (Å²) in [6.07, 6.45) is 3.82. The first-order valence-electron chi connectivity index (χ1n) is 10.5. The Morgan fingerprint density at radius 2 is 2.14 bits per heavy atom. The molecule has 1 aromatic carbocycles. The molecule has 0 bridgehead atoms. The minimum atomic E-state index is 0.0987. The average molecular weight is 396 g/mol. The monoisotopic (exact) mass is 395 g/mol. The van der Waals surface area contributed by atoms with Crippen LogP contribution in [-0.4, -0.2) is 47.4 Å². The van der Waals surface area contributed by atoms with Crippen molar-refractivity contribution in [3.8, 4) is 5.75 Å². The lowest BCUT2D eigenvalue weighted by molar-refractivity contribution is -0.120. The van der Waals surface area contributed by atoms with Gasteiger partial charge in [0.15, 0.2) is 0 Å². The third-order valence-electron chi connectivity index (χ3n) is 5.35. The number of amides is 1. The smallest absolute Gasteiger partial charge is 0.210 e. The fourth-order valence-corrected chi connectivity index (χ4v) is 3.97. The number of likely N-dealkylation sites (tertiary alicyclic amines) is 1. The SMILES string of the molecule is CC(C)COc1cccc(CN2CCC(C)(CN(C=O)Cc3ccccn3)C2)c1. The third kappa shape index (κ3) is 6.57. The Bertz CT molecular complexity index is 781. The zero-order valence-corrected chi connectivity index (χ0v) is 17.9. The van der Waals surface area contributed by atoms with Crippen LogP contribution in [-0.2, 0) is 17.9 Å². The summed E-state index contributed by atoms with van der Waals surface area (Å²) in [6, 6.07) is 14.2. The van der Waals surface area contributed by atoms with E-state index >= 15 is 0 Å². The van der Waals surface area contributed by atoms with Gasteiger partial charge in [-0.15, -0.1) is 0 Å². The highest BCUT2D eigenvalue weighted by atomic mass is 16.5. The van der Waals surface area contributed by atoms with Crippen molar-refractivity contribution in [1.29, 1.82) is 0 Å². The van der Waals surface area contributed by atoms with Crippen molar-refractivity contribution >= 4 is 6.41 Å². The molecular formula is C24H33N3O2. The molecule has 1 unspecified atom stereocenters. The molecule has 156 valence electrons. The molecule has 1 saturated heterocycles. The molecule has 0 spiro atoms. The molecule has 1 aliphatic rings. The summed E-state index contributed by atoms with van der Waals surface area (Å²) in [5, 5.41) is 0. The molecule has 0 N–H and O–H groups in total. The molecule has 29 heavy (non-hydrogen) atoms. The maximum atomic E-state index is 11.6. The summed E-state index contributed by atoms with van der Waals surface area (Å²) in [7, 11) is 0. The van der Waals surface area contributed by atoms with Gasteiger partial charge in [0, 0.05) is 25.8 Å². The maximum absolute atomic E-state index is 11.6. The van der Waals surface area contributed by atoms with Crippen LogP contribution in [0.2, 0.25) is 0 Å². The van der Waals surface area contributed by atoms with Crippen LogP contribution < -0.4 is 4.74 Å². The van der Waals surface area contributed by atoms with Gasteiger partial charge in [0.2, 0.25) is 6.41 Å². The zero-order valence-electron chi connectivity index (χ0n) is 17.9. The second-order valence-electron chi connectivity index (χ2n) is 8.96. The summed E-state index contributed by atoms with van der Waals surface area (Å²) in [6.45, 7) is 11.6. The minimum Gasteiger partial charge on any atom is -0.493 e. The number of pyridine rings is 1. The average Bonchev–Trinajstić information content (AvgIpc) is 3.07. The van der Waals surface area contributed by atoms with Crippen LogP contribution in [0.5, 0.6) is 5.75 Å². The third-order valence-corrected chi connectivity index (χ3v) is 5.35. The molecule has 3 rings (SSSR count). The molecule has 2 aromatic rings. The van der Waals surface area contributed by atoms with E-state index in [4.69, 9.17) is 4.74 Å². The Morgan fingerprint density at radius 1 is 1.28 bits per heavy atom. The van der Waals surface area contributed by atoms with E-state index in [-0.39, 0.29) is 5.41 Å². The summed E-state index contributed by atoms with van der Waals surface area (Å²) in [4.78, 5) is 20.3. The van der Waals surface area contributed by atoms with E-state index in [2.05, 4.69) is 48.9 Å². The van der Waals surface area contributed by atoms with Crippen LogP contribution in [0.1, 0.15) is 38.4 Å². The highest BCUT2D eigenvalue weighted by Gasteiger charge is 2.35. The van der Waals surface area contributed by atoms with Crippen LogP contribution >= 0.6 is 0 Å². The van der Waals surface area contributed by atoms with Gasteiger partial charge in [-0.05, 0) is 54.1 Å². The Labute approximate surface area is 174 Å². The standard InChI is InChI=1S/C24H33N3O2/c1-20(2)16-29-23-9-6-7-21(13-23)14-26-12-10-24(3,17-26)18-27(19-28)15-22-8-4-5-11-25-22/h4-9,11,13,19-20H,10,12,14-18H2,1-3H3. The van der Waals surface area contributed by atoms with E-state index < -0.39 is 0 Å². The molecule has 0 aliphatic carbocycles. The summed E-state index contributed by atoms with van der Waals surface area (Å²) >= 11 is 0. The maximum Gasteiger partial charge on any atom is 0.210 e. The Morgan fingerprint density at radius 3 is 2.86 bits per heavy atom. The van der Waals surface area contributed by atoms with Gasteiger partial charge in [0.1, 0.15) is 5.75 Å². The molecule has 5 heteroatoms. The molecule has 1 amide bonds. The number of rotatable bonds is 10. The van der Waals surface area contributed by atoms with Crippen LogP contribution in [0.3, 0.4) is 0 Å². The Balaban J connectivity index is 1.54. The number of benzene rings is 1. The van der Waals surface area contributed by atoms with Crippen molar-refractivity contribution in [3.05, 3.63) is 59.9 Å². The highest BCUT2D eigenvalue weighted by molar-refractivity contribution is 5.47. The number of nitrogens with zero attached hydrogens (tertiary/aromatic N) is 3. The lowest BCUT2D eigenvalue weighted by Gasteiger charge is -2.30. The number of hydrogen-bond donors (Lipinski definition) is 0. The predicted octanol–water partition coefficient (Wildman–Crippen LogP) is 3.99. The molecule has 0 saturated carbocycles. The molecule has 2 heterocycles. The predicted molar refractivity (Wildman–Crippen MR) is 115 cm³/mol. The molecule has 0 radical (unpaired) electrons. The molecule has 1 fully saturated rings. The number of hydrogen-bond acceptors (Lipinski definition) is 4. The van der Waals surface area contributed by atoms with E-state index in [1.807, 2.05) is 29.2 Å². The second kappa shape index (κ2) is 9.88. The van der Waals surface area contributed by atoms with Gasteiger partial charge < -0.3 is 9.64 Å². The lowest BCUT2D eigenvalue weighted by Crippen LogP contribution is -2.37. The van der Waals surface area contributed by atoms with Gasteiger partial charge in [0.25, 0.3) is 0 Å². The van der Waals surface area contributed by atoms with E-state index in [9.17, 15) is 4.79 Å². The molecule has 1 atom stereocenters. The van der Waals surface area contributed by atoms with E-state index in [0.29, 0.717) is 12.5 Å². The summed E-state index contributed by atoms with van der Waals surface area (Å²) < 4.78 is 5.87. The van der Waals surface area contributed by atoms with Crippen molar-refractivity contribution in [1.82, 2.24) is 14.8 Å². The van der Waals surface area contributed by atoms with Crippen molar-refractivity contribution in [2.24, 2.45) is 11.3 Å². The molecule has 5 nitrogen and oxygen atoms in total. The highest BCUT2D eigenvalue weighted by Crippen LogP contribution is 2.32. The van der Waals surface area contributed by atoms with E-state index in [0.717, 1.165) is 57.1 Å². The van der Waals surface area contributed by atoms with E-state index in [1.165, 1.54) is 5.56 Å². The minimum absolute atomic E-state index is 0.0987. The van der Waals surface area contributed by atoms with Gasteiger partial charge in [0.05, 0.1) is 18.8 Å². The molecule has 1 aliphatic heterocycles. The number of carbonyl (C=O) groups excluding carboxylic acids is 1. The Hall–Kier alpha value is -2.40. The summed E-state index contributed by atoms with van der Waals surface area (Å²) in [5.74, 6) is 1.46. The first-order chi connectivity index (χ1) is 14.0. The number of aromatic nitrogens is 1. The van der Waals surface area contributed by atoms with Crippen molar-refractivity contribution in [2.75, 3.05) is 26.2 Å². The fourth-order valence-electron chi connectivity index (χ4n) is 3.97. The quantitative estimate of drug-likeness (QED) is 0.571. The Kier molecular flexibility index (Phi) is 7.26. The molecule has 1 aromatic heterocycles.